The molecule has 1 amide bonds. The molecule has 0 bridgehead atoms. The zero-order chi connectivity index (χ0) is 17.9. The van der Waals surface area contributed by atoms with E-state index in [0.29, 0.717) is 0 Å². The van der Waals surface area contributed by atoms with Gasteiger partial charge in [0.2, 0.25) is 5.69 Å². The second-order valence-corrected chi connectivity index (χ2v) is 4.49. The highest BCUT2D eigenvalue weighted by atomic mass is 19.3. The molecule has 0 fully saturated rings. The van der Waals surface area contributed by atoms with Crippen molar-refractivity contribution in [2.45, 2.75) is 20.0 Å². The van der Waals surface area contributed by atoms with Crippen LogP contribution < -0.4 is 10.1 Å². The van der Waals surface area contributed by atoms with Crippen LogP contribution in [-0.4, -0.2) is 27.6 Å². The van der Waals surface area contributed by atoms with Gasteiger partial charge < -0.3 is 10.1 Å². The molecule has 2 rings (SSSR count). The van der Waals surface area contributed by atoms with Crippen LogP contribution in [0.1, 0.15) is 23.1 Å². The molecule has 2 N–H and O–H groups in total. The molecule has 2 aromatic rings. The van der Waals surface area contributed by atoms with Crippen molar-refractivity contribution < 1.29 is 27.6 Å². The van der Waals surface area contributed by atoms with Crippen LogP contribution in [0.15, 0.2) is 18.2 Å². The molecule has 0 atom stereocenters. The number of aromatic nitrogens is 2. The van der Waals surface area contributed by atoms with Crippen molar-refractivity contribution in [3.05, 3.63) is 45.5 Å². The first kappa shape index (κ1) is 17.2. The zero-order valence-electron chi connectivity index (χ0n) is 12.2. The molecular formula is C13H11F3N4O4. The second-order valence-electron chi connectivity index (χ2n) is 4.49. The van der Waals surface area contributed by atoms with Gasteiger partial charge >= 0.3 is 12.3 Å². The molecule has 0 saturated heterocycles. The number of alkyl halides is 2. The molecular weight excluding hydrogens is 333 g/mol. The number of H-pyrrole nitrogens is 1. The van der Waals surface area contributed by atoms with E-state index in [0.717, 1.165) is 18.2 Å². The monoisotopic (exact) mass is 344 g/mol. The van der Waals surface area contributed by atoms with Crippen LogP contribution in [0.5, 0.6) is 5.75 Å². The van der Waals surface area contributed by atoms with E-state index in [1.54, 1.807) is 6.92 Å². The Balaban J connectivity index is 2.23. The fraction of sp³-hybridized carbons (Fsp3) is 0.231. The third-order valence-corrected chi connectivity index (χ3v) is 2.97. The minimum atomic E-state index is -3.20. The Labute approximate surface area is 132 Å². The molecule has 0 aliphatic heterocycles. The summed E-state index contributed by atoms with van der Waals surface area (Å²) in [5.41, 5.74) is -0.884. The quantitative estimate of drug-likeness (QED) is 0.618. The Kier molecular flexibility index (Phi) is 5.02. The van der Waals surface area contributed by atoms with Crippen molar-refractivity contribution in [3.8, 4) is 5.75 Å². The van der Waals surface area contributed by atoms with E-state index in [4.69, 9.17) is 0 Å². The lowest BCUT2D eigenvalue weighted by molar-refractivity contribution is -0.385. The first-order valence-electron chi connectivity index (χ1n) is 6.60. The number of hydrogen-bond donors (Lipinski definition) is 2. The van der Waals surface area contributed by atoms with Gasteiger partial charge in [-0.05, 0) is 18.6 Å². The number of anilines is 1. The number of aromatic amines is 1. The molecule has 0 spiro atoms. The van der Waals surface area contributed by atoms with Crippen molar-refractivity contribution in [1.29, 1.82) is 0 Å². The maximum atomic E-state index is 13.6. The van der Waals surface area contributed by atoms with Crippen molar-refractivity contribution in [1.82, 2.24) is 10.2 Å². The summed E-state index contributed by atoms with van der Waals surface area (Å²) in [5.74, 6) is -2.76. The average molecular weight is 344 g/mol. The van der Waals surface area contributed by atoms with Gasteiger partial charge in [0.05, 0.1) is 4.92 Å². The molecule has 11 heteroatoms. The number of nitro groups is 1. The SMILES string of the molecule is CCc1[nH]nc(C(=O)Nc2ccc(OC(F)F)c(F)c2)c1[N+](=O)[O-]. The number of nitrogens with one attached hydrogen (secondary N) is 2. The normalized spacial score (nSPS) is 10.7. The fourth-order valence-corrected chi connectivity index (χ4v) is 1.93. The van der Waals surface area contributed by atoms with E-state index in [1.807, 2.05) is 0 Å². The van der Waals surface area contributed by atoms with Crippen LogP contribution >= 0.6 is 0 Å². The van der Waals surface area contributed by atoms with E-state index in [9.17, 15) is 28.1 Å². The minimum absolute atomic E-state index is 0.102. The highest BCUT2D eigenvalue weighted by molar-refractivity contribution is 6.05. The maximum absolute atomic E-state index is 13.6. The molecule has 1 aromatic heterocycles. The van der Waals surface area contributed by atoms with Gasteiger partial charge in [-0.3, -0.25) is 20.0 Å². The number of amides is 1. The Morgan fingerprint density at radius 2 is 2.21 bits per heavy atom. The Bertz CT molecular complexity index is 779. The van der Waals surface area contributed by atoms with Crippen LogP contribution in [0.3, 0.4) is 0 Å². The third kappa shape index (κ3) is 3.62. The lowest BCUT2D eigenvalue weighted by Gasteiger charge is -2.08. The number of carbonyl (C=O) groups is 1. The van der Waals surface area contributed by atoms with Gasteiger partial charge in [0.1, 0.15) is 5.69 Å². The van der Waals surface area contributed by atoms with Crippen molar-refractivity contribution >= 4 is 17.3 Å². The van der Waals surface area contributed by atoms with Gasteiger partial charge in [-0.15, -0.1) is 0 Å². The Morgan fingerprint density at radius 3 is 2.75 bits per heavy atom. The molecule has 8 nitrogen and oxygen atoms in total. The summed E-state index contributed by atoms with van der Waals surface area (Å²) in [6.45, 7) is -1.56. The number of rotatable bonds is 6. The van der Waals surface area contributed by atoms with Crippen molar-refractivity contribution in [2.24, 2.45) is 0 Å². The van der Waals surface area contributed by atoms with E-state index in [-0.39, 0.29) is 17.8 Å². The highest BCUT2D eigenvalue weighted by Gasteiger charge is 2.28. The molecule has 0 aliphatic carbocycles. The summed E-state index contributed by atoms with van der Waals surface area (Å²) < 4.78 is 41.6. The largest absolute Gasteiger partial charge is 0.432 e. The van der Waals surface area contributed by atoms with Crippen LogP contribution in [0.4, 0.5) is 24.5 Å². The van der Waals surface area contributed by atoms with Crippen molar-refractivity contribution in [2.75, 3.05) is 5.32 Å². The maximum Gasteiger partial charge on any atom is 0.387 e. The van der Waals surface area contributed by atoms with E-state index >= 15 is 0 Å². The summed E-state index contributed by atoms with van der Waals surface area (Å²) in [6, 6.07) is 2.75. The first-order chi connectivity index (χ1) is 11.3. The topological polar surface area (TPSA) is 110 Å². The Morgan fingerprint density at radius 1 is 1.50 bits per heavy atom. The summed E-state index contributed by atoms with van der Waals surface area (Å²) in [5, 5.41) is 19.2. The third-order valence-electron chi connectivity index (χ3n) is 2.97. The summed E-state index contributed by atoms with van der Waals surface area (Å²) in [6.07, 6.45) is 0.255. The van der Waals surface area contributed by atoms with Crippen LogP contribution in [0.2, 0.25) is 0 Å². The molecule has 128 valence electrons. The summed E-state index contributed by atoms with van der Waals surface area (Å²) in [4.78, 5) is 22.4. The number of carbonyl (C=O) groups excluding carboxylic acids is 1. The van der Waals surface area contributed by atoms with Gasteiger partial charge in [-0.25, -0.2) is 4.39 Å². The fourth-order valence-electron chi connectivity index (χ4n) is 1.93. The molecule has 0 unspecified atom stereocenters. The van der Waals surface area contributed by atoms with E-state index in [2.05, 4.69) is 20.3 Å². The molecule has 1 aromatic carbocycles. The number of halogens is 3. The molecule has 0 radical (unpaired) electrons. The van der Waals surface area contributed by atoms with E-state index < -0.39 is 40.4 Å². The predicted molar refractivity (Wildman–Crippen MR) is 75.6 cm³/mol. The molecule has 0 aliphatic rings. The van der Waals surface area contributed by atoms with Gasteiger partial charge in [0.25, 0.3) is 5.91 Å². The second kappa shape index (κ2) is 6.98. The number of ether oxygens (including phenoxy) is 1. The average Bonchev–Trinajstić information content (AvgIpc) is 2.94. The van der Waals surface area contributed by atoms with Gasteiger partial charge in [-0.1, -0.05) is 6.92 Å². The number of nitrogens with zero attached hydrogens (tertiary/aromatic N) is 2. The first-order valence-corrected chi connectivity index (χ1v) is 6.60. The molecule has 1 heterocycles. The van der Waals surface area contributed by atoms with Crippen LogP contribution in [0.25, 0.3) is 0 Å². The molecule has 0 saturated carbocycles. The Hall–Kier alpha value is -3.11. The van der Waals surface area contributed by atoms with Crippen LogP contribution in [-0.2, 0) is 6.42 Å². The van der Waals surface area contributed by atoms with Crippen LogP contribution in [0, 0.1) is 15.9 Å². The lowest BCUT2D eigenvalue weighted by Crippen LogP contribution is -2.14. The predicted octanol–water partition coefficient (Wildman–Crippen LogP) is 2.87. The summed E-state index contributed by atoms with van der Waals surface area (Å²) in [7, 11) is 0. The highest BCUT2D eigenvalue weighted by Crippen LogP contribution is 2.25. The minimum Gasteiger partial charge on any atom is -0.432 e. The van der Waals surface area contributed by atoms with Crippen molar-refractivity contribution in [3.63, 3.8) is 0 Å². The van der Waals surface area contributed by atoms with Gasteiger partial charge in [0.15, 0.2) is 11.6 Å². The van der Waals surface area contributed by atoms with Gasteiger partial charge in [-0.2, -0.15) is 13.9 Å². The smallest absolute Gasteiger partial charge is 0.387 e. The van der Waals surface area contributed by atoms with E-state index in [1.165, 1.54) is 0 Å². The van der Waals surface area contributed by atoms with Gasteiger partial charge in [0, 0.05) is 11.8 Å². The molecule has 24 heavy (non-hydrogen) atoms. The summed E-state index contributed by atoms with van der Waals surface area (Å²) >= 11 is 0. The zero-order valence-corrected chi connectivity index (χ0v) is 12.2. The number of aryl methyl sites for hydroxylation is 1. The standard InChI is InChI=1S/C13H11F3N4O4/c1-2-8-11(20(22)23)10(19-18-8)12(21)17-6-3-4-9(7(14)5-6)24-13(15)16/h3-5,13H,2H2,1H3,(H,17,21)(H,18,19). The lowest BCUT2D eigenvalue weighted by atomic mass is 10.2. The number of benzene rings is 1. The number of hydrogen-bond acceptors (Lipinski definition) is 5.